The van der Waals surface area contributed by atoms with Crippen LogP contribution < -0.4 is 25.8 Å². The quantitative estimate of drug-likeness (QED) is 0.0726. The molecule has 0 saturated carbocycles. The third kappa shape index (κ3) is 12.0. The van der Waals surface area contributed by atoms with E-state index in [1.165, 1.54) is 30.6 Å². The van der Waals surface area contributed by atoms with Crippen molar-refractivity contribution in [1.82, 2.24) is 34.2 Å². The van der Waals surface area contributed by atoms with E-state index < -0.39 is 83.8 Å². The van der Waals surface area contributed by atoms with Crippen LogP contribution in [0.25, 0.3) is 16.9 Å². The van der Waals surface area contributed by atoms with Crippen LogP contribution >= 0.6 is 0 Å². The molecule has 25 heteroatoms. The summed E-state index contributed by atoms with van der Waals surface area (Å²) in [6.07, 6.45) is -4.72. The molecule has 8 rings (SSSR count). The summed E-state index contributed by atoms with van der Waals surface area (Å²) in [6.45, 7) is 4.58. The van der Waals surface area contributed by atoms with E-state index in [4.69, 9.17) is 15.2 Å². The van der Waals surface area contributed by atoms with E-state index in [1.807, 2.05) is 10.9 Å². The van der Waals surface area contributed by atoms with Crippen molar-refractivity contribution in [2.24, 2.45) is 0 Å². The summed E-state index contributed by atoms with van der Waals surface area (Å²) in [7, 11) is -0.618. The van der Waals surface area contributed by atoms with Gasteiger partial charge in [0.15, 0.2) is 46.2 Å². The second-order valence-electron chi connectivity index (χ2n) is 15.8. The van der Waals surface area contributed by atoms with Crippen molar-refractivity contribution in [2.45, 2.75) is 63.6 Å². The molecule has 0 bridgehead atoms. The predicted octanol–water partition coefficient (Wildman–Crippen LogP) is 8.30. The lowest BCUT2D eigenvalue weighted by Crippen LogP contribution is -2.45. The third-order valence-electron chi connectivity index (χ3n) is 10.8. The van der Waals surface area contributed by atoms with Gasteiger partial charge in [-0.25, -0.2) is 37.5 Å². The number of aromatic nitrogens is 5. The molecule has 2 aliphatic heterocycles. The van der Waals surface area contributed by atoms with Gasteiger partial charge in [-0.1, -0.05) is 0 Å². The van der Waals surface area contributed by atoms with Crippen LogP contribution in [-0.2, 0) is 17.5 Å². The average Bonchev–Trinajstić information content (AvgIpc) is 3.69. The maximum absolute atomic E-state index is 15.0. The van der Waals surface area contributed by atoms with E-state index in [9.17, 15) is 53.7 Å². The van der Waals surface area contributed by atoms with E-state index in [1.54, 1.807) is 24.4 Å². The minimum Gasteiger partial charge on any atom is -0.484 e. The number of amides is 1. The smallest absolute Gasteiger partial charge is 0.471 e. The van der Waals surface area contributed by atoms with Crippen molar-refractivity contribution < 1.29 is 63.2 Å². The summed E-state index contributed by atoms with van der Waals surface area (Å²) in [4.78, 5) is 30.4. The maximum atomic E-state index is 15.0. The standard InChI is InChI=1S/C24H21F5N6O.C19H20BF5N4O3/c25-17-11-15(35-22-19(2-1-6-32-22)33-23(35)24(27,28)29)12-18(26)21(17)36-16-4-8-34(9-5-16)13-14-3-7-31-20(30)10-14;1-20(31)29-7-4-12(5-8-29)32-16-13(21)9-11(10-14(16)22)27-17-15(3-2-6-26-17)28-18(30)19(23,24)25/h1-3,6-7,10-12,16H,4-5,8-9,13H2,(H2,30,31);2-3,6,9-10,12,31H,4-5,7-8H2,1H3,(H,26,27)(H,28,30). The lowest BCUT2D eigenvalue weighted by Gasteiger charge is -2.32. The number of anilines is 4. The number of pyridine rings is 3. The number of piperidine rings is 2. The van der Waals surface area contributed by atoms with Gasteiger partial charge in [-0.15, -0.1) is 0 Å². The number of imidazole rings is 1. The second kappa shape index (κ2) is 20.6. The van der Waals surface area contributed by atoms with Crippen molar-refractivity contribution in [1.29, 1.82) is 0 Å². The minimum absolute atomic E-state index is 0.0489. The molecule has 6 heterocycles. The molecule has 4 aromatic heterocycles. The van der Waals surface area contributed by atoms with Crippen LogP contribution in [0.5, 0.6) is 11.5 Å². The molecule has 2 fully saturated rings. The highest BCUT2D eigenvalue weighted by Gasteiger charge is 2.40. The van der Waals surface area contributed by atoms with Gasteiger partial charge >= 0.3 is 25.3 Å². The van der Waals surface area contributed by atoms with Crippen LogP contribution in [0.1, 0.15) is 37.1 Å². The molecule has 1 amide bonds. The Morgan fingerprint density at radius 2 is 1.37 bits per heavy atom. The lowest BCUT2D eigenvalue weighted by atomic mass is 9.82. The monoisotopic (exact) mass is 962 g/mol. The molecule has 0 atom stereocenters. The molecular weight excluding hydrogens is 921 g/mol. The van der Waals surface area contributed by atoms with E-state index in [0.717, 1.165) is 35.9 Å². The second-order valence-corrected chi connectivity index (χ2v) is 15.8. The van der Waals surface area contributed by atoms with Crippen LogP contribution in [0.4, 0.5) is 66.9 Å². The third-order valence-corrected chi connectivity index (χ3v) is 10.8. The average molecular weight is 963 g/mol. The number of fused-ring (bicyclic) bond motifs is 1. The number of nitrogens with one attached hydrogen (secondary N) is 2. The fourth-order valence-corrected chi connectivity index (χ4v) is 7.55. The van der Waals surface area contributed by atoms with Crippen molar-refractivity contribution in [3.05, 3.63) is 114 Å². The number of carbonyl (C=O) groups excluding carboxylic acids is 1. The minimum atomic E-state index is -5.12. The van der Waals surface area contributed by atoms with Crippen LogP contribution in [-0.4, -0.2) is 96.8 Å². The number of hydrogen-bond acceptors (Lipinski definition) is 12. The number of hydrogen-bond donors (Lipinski definition) is 4. The fraction of sp³-hybridized carbons (Fsp3) is 0.326. The zero-order valence-electron chi connectivity index (χ0n) is 35.8. The summed E-state index contributed by atoms with van der Waals surface area (Å²) in [5, 5.41) is 13.7. The number of nitrogens with two attached hydrogens (primary N) is 1. The Bertz CT molecular complexity index is 2680. The summed E-state index contributed by atoms with van der Waals surface area (Å²) in [5.41, 5.74) is 5.66. The highest BCUT2D eigenvalue weighted by Crippen LogP contribution is 2.36. The molecule has 0 aliphatic carbocycles. The first kappa shape index (κ1) is 49.2. The predicted molar refractivity (Wildman–Crippen MR) is 229 cm³/mol. The van der Waals surface area contributed by atoms with Gasteiger partial charge in [-0.3, -0.25) is 14.3 Å². The Labute approximate surface area is 381 Å². The van der Waals surface area contributed by atoms with Gasteiger partial charge in [0.2, 0.25) is 5.82 Å². The molecule has 0 radical (unpaired) electrons. The van der Waals surface area contributed by atoms with Crippen LogP contribution in [0.15, 0.2) is 79.3 Å². The van der Waals surface area contributed by atoms with Gasteiger partial charge in [-0.05, 0) is 87.6 Å². The number of nitrogen functional groups attached to an aromatic ring is 1. The summed E-state index contributed by atoms with van der Waals surface area (Å²) in [6, 6.07) is 12.3. The first-order valence-electron chi connectivity index (χ1n) is 20.9. The van der Waals surface area contributed by atoms with Gasteiger partial charge in [-0.2, -0.15) is 26.3 Å². The molecule has 2 aromatic carbocycles. The molecule has 0 unspecified atom stereocenters. The molecule has 360 valence electrons. The van der Waals surface area contributed by atoms with Crippen molar-refractivity contribution in [3.8, 4) is 17.2 Å². The number of ether oxygens (including phenoxy) is 2. The topological polar surface area (TPSA) is 169 Å². The number of benzene rings is 2. The Kier molecular flexibility index (Phi) is 14.9. The van der Waals surface area contributed by atoms with E-state index >= 15 is 0 Å². The summed E-state index contributed by atoms with van der Waals surface area (Å²) >= 11 is 0. The van der Waals surface area contributed by atoms with Gasteiger partial charge in [0.05, 0.1) is 11.4 Å². The zero-order chi connectivity index (χ0) is 48.9. The molecule has 0 spiro atoms. The van der Waals surface area contributed by atoms with Crippen LogP contribution in [0, 0.1) is 23.3 Å². The Balaban J connectivity index is 0.000000203. The summed E-state index contributed by atoms with van der Waals surface area (Å²) in [5.74, 6) is -8.77. The molecule has 68 heavy (non-hydrogen) atoms. The van der Waals surface area contributed by atoms with Gasteiger partial charge in [0, 0.05) is 68.2 Å². The zero-order valence-corrected chi connectivity index (χ0v) is 35.8. The Hall–Kier alpha value is -6.73. The number of likely N-dealkylation sites (tertiary alicyclic amines) is 1. The fourth-order valence-electron chi connectivity index (χ4n) is 7.55. The van der Waals surface area contributed by atoms with Crippen molar-refractivity contribution in [2.75, 3.05) is 42.5 Å². The van der Waals surface area contributed by atoms with Crippen molar-refractivity contribution in [3.63, 3.8) is 0 Å². The van der Waals surface area contributed by atoms with Gasteiger partial charge < -0.3 is 35.7 Å². The van der Waals surface area contributed by atoms with Gasteiger partial charge in [0.25, 0.3) is 0 Å². The maximum Gasteiger partial charge on any atom is 0.471 e. The normalized spacial score (nSPS) is 15.4. The first-order valence-corrected chi connectivity index (χ1v) is 20.9. The highest BCUT2D eigenvalue weighted by molar-refractivity contribution is 6.45. The first-order chi connectivity index (χ1) is 32.2. The number of alkyl halides is 6. The van der Waals surface area contributed by atoms with Crippen molar-refractivity contribution >= 4 is 47.1 Å². The largest absolute Gasteiger partial charge is 0.484 e. The molecule has 2 saturated heterocycles. The van der Waals surface area contributed by atoms with Crippen LogP contribution in [0.2, 0.25) is 6.82 Å². The van der Waals surface area contributed by atoms with E-state index in [-0.39, 0.29) is 28.4 Å². The Morgan fingerprint density at radius 1 is 0.794 bits per heavy atom. The molecule has 5 N–H and O–H groups in total. The molecule has 2 aliphatic rings. The van der Waals surface area contributed by atoms with Crippen LogP contribution in [0.3, 0.4) is 0 Å². The highest BCUT2D eigenvalue weighted by atomic mass is 19.4. The van der Waals surface area contributed by atoms with E-state index in [2.05, 4.69) is 30.2 Å². The molecule has 14 nitrogen and oxygen atoms in total. The number of nitrogens with zero attached hydrogens (tertiary/aromatic N) is 7. The number of halogens is 10. The van der Waals surface area contributed by atoms with Gasteiger partial charge in [0.1, 0.15) is 23.5 Å². The SMILES string of the molecule is CB(O)N1CCC(Oc2c(F)cc(Nc3ncccc3NC(=O)C(F)(F)F)cc2F)CC1.Nc1cc(CN2CCC(Oc3c(F)cc(-n4c(C(F)(F)F)nc5cccnc54)cc3F)CC2)ccn1. The molecular formula is C43H41BF10N10O4. The van der Waals surface area contributed by atoms with E-state index in [0.29, 0.717) is 68.8 Å². The number of carbonyl (C=O) groups is 1. The lowest BCUT2D eigenvalue weighted by molar-refractivity contribution is -0.167. The molecule has 6 aromatic rings. The summed E-state index contributed by atoms with van der Waals surface area (Å²) < 4.78 is 149. The number of rotatable bonds is 11. The Morgan fingerprint density at radius 3 is 1.94 bits per heavy atom.